The fourth-order valence-corrected chi connectivity index (χ4v) is 0.637. The highest BCUT2D eigenvalue weighted by Gasteiger charge is 2.04. The van der Waals surface area contributed by atoms with Crippen molar-refractivity contribution in [2.75, 3.05) is 33.7 Å². The van der Waals surface area contributed by atoms with Crippen LogP contribution in [0.1, 0.15) is 13.3 Å². The lowest BCUT2D eigenvalue weighted by atomic mass is 10.4. The van der Waals surface area contributed by atoms with E-state index in [1.165, 1.54) is 0 Å². The molecule has 0 amide bonds. The highest BCUT2D eigenvalue weighted by molar-refractivity contribution is 7.18. The predicted molar refractivity (Wildman–Crippen MR) is 84.9 cm³/mol. The summed E-state index contributed by atoms with van der Waals surface area (Å²) in [6.07, 6.45) is 1.08. The van der Waals surface area contributed by atoms with Gasteiger partial charge < -0.3 is 4.90 Å². The van der Waals surface area contributed by atoms with E-state index < -0.39 is 7.38 Å². The van der Waals surface area contributed by atoms with Crippen molar-refractivity contribution in [2.45, 2.75) is 33.0 Å². The Morgan fingerprint density at radius 2 is 1.65 bits per heavy atom. The van der Waals surface area contributed by atoms with E-state index in [1.54, 1.807) is 0 Å². The lowest BCUT2D eigenvalue weighted by molar-refractivity contribution is 0.403. The molecule has 0 atom stereocenters. The van der Waals surface area contributed by atoms with Crippen LogP contribution in [0.4, 0.5) is 0 Å². The Bertz CT molecular complexity index is 203. The van der Waals surface area contributed by atoms with Crippen molar-refractivity contribution in [2.24, 2.45) is 9.98 Å². The Kier molecular flexibility index (Phi) is 18.6. The Balaban J connectivity index is -0.000000280. The Hall–Kier alpha value is 0.137. The van der Waals surface area contributed by atoms with E-state index in [1.807, 2.05) is 6.92 Å². The molecule has 0 unspecified atom stereocenters. The first-order valence-corrected chi connectivity index (χ1v) is 10.2. The summed E-state index contributed by atoms with van der Waals surface area (Å²) in [7, 11) is 2.98. The van der Waals surface area contributed by atoms with Crippen LogP contribution in [0.15, 0.2) is 9.98 Å². The largest absolute Gasteiger partial charge is 0.309 e. The number of aliphatic imine (C=N–C) groups is 2. The molecule has 0 spiro atoms. The van der Waals surface area contributed by atoms with E-state index >= 15 is 0 Å². The van der Waals surface area contributed by atoms with Gasteiger partial charge in [-0.15, -0.1) is 12.4 Å². The molecule has 0 aliphatic carbocycles. The minimum atomic E-state index is -1.14. The second-order valence-electron chi connectivity index (χ2n) is 4.68. The number of hydrogen-bond donors (Lipinski definition) is 0. The monoisotopic (exact) mass is 299 g/mol. The molecule has 6 heteroatoms. The van der Waals surface area contributed by atoms with Crippen molar-refractivity contribution in [3.05, 3.63) is 0 Å². The summed E-state index contributed by atoms with van der Waals surface area (Å²) in [5, 5.41) is 0. The highest BCUT2D eigenvalue weighted by Crippen LogP contribution is 2.03. The van der Waals surface area contributed by atoms with E-state index in [4.69, 9.17) is 11.1 Å². The van der Waals surface area contributed by atoms with Crippen LogP contribution in [-0.4, -0.2) is 52.0 Å². The van der Waals surface area contributed by atoms with E-state index in [2.05, 4.69) is 54.6 Å². The van der Waals surface area contributed by atoms with E-state index in [0.717, 1.165) is 26.1 Å². The number of hydrogen-bond acceptors (Lipinski definition) is 3. The number of halogens is 2. The fourth-order valence-electron chi connectivity index (χ4n) is 0.637. The number of rotatable bonds is 5. The SMILES string of the molecule is CCN=C=NCCCN(C)C.C[Si](C)(C)Cl.Cl. The van der Waals surface area contributed by atoms with Crippen LogP contribution in [-0.2, 0) is 0 Å². The van der Waals surface area contributed by atoms with Gasteiger partial charge in [-0.05, 0) is 34.0 Å². The van der Waals surface area contributed by atoms with Crippen LogP contribution in [0.3, 0.4) is 0 Å². The molecule has 104 valence electrons. The van der Waals surface area contributed by atoms with Crippen LogP contribution in [0.2, 0.25) is 19.6 Å². The van der Waals surface area contributed by atoms with Gasteiger partial charge in [0, 0.05) is 6.54 Å². The molecule has 3 nitrogen and oxygen atoms in total. The second-order valence-corrected chi connectivity index (χ2v) is 12.2. The zero-order valence-corrected chi connectivity index (χ0v) is 14.5. The van der Waals surface area contributed by atoms with E-state index in [0.29, 0.717) is 0 Å². The topological polar surface area (TPSA) is 28.0 Å². The third-order valence-corrected chi connectivity index (χ3v) is 1.17. The predicted octanol–water partition coefficient (Wildman–Crippen LogP) is 3.61. The van der Waals surface area contributed by atoms with Gasteiger partial charge in [0.15, 0.2) is 0 Å². The average molecular weight is 300 g/mol. The van der Waals surface area contributed by atoms with Gasteiger partial charge in [-0.3, -0.25) is 0 Å². The van der Waals surface area contributed by atoms with Gasteiger partial charge in [0.1, 0.15) is 7.38 Å². The van der Waals surface area contributed by atoms with Crippen molar-refractivity contribution >= 4 is 36.9 Å². The van der Waals surface area contributed by atoms with Gasteiger partial charge in [0.25, 0.3) is 0 Å². The molecule has 0 bridgehead atoms. The zero-order chi connectivity index (χ0) is 13.0. The van der Waals surface area contributed by atoms with Gasteiger partial charge in [-0.25, -0.2) is 9.98 Å². The maximum absolute atomic E-state index is 5.67. The van der Waals surface area contributed by atoms with Crippen molar-refractivity contribution in [1.82, 2.24) is 4.90 Å². The first-order valence-electron chi connectivity index (χ1n) is 5.69. The fraction of sp³-hybridized carbons (Fsp3) is 0.909. The summed E-state index contributed by atoms with van der Waals surface area (Å²) in [6.45, 7) is 10.9. The van der Waals surface area contributed by atoms with Gasteiger partial charge in [0.05, 0.1) is 12.6 Å². The molecule has 0 radical (unpaired) electrons. The number of nitrogens with zero attached hydrogens (tertiary/aromatic N) is 3. The summed E-state index contributed by atoms with van der Waals surface area (Å²) in [4.78, 5) is 9.99. The average Bonchev–Trinajstić information content (AvgIpc) is 2.08. The normalized spacial score (nSPS) is 9.65. The molecule has 0 aromatic heterocycles. The summed E-state index contributed by atoms with van der Waals surface area (Å²) in [6, 6.07) is 2.64. The third kappa shape index (κ3) is 48.7. The molecule has 0 rings (SSSR count). The smallest absolute Gasteiger partial charge is 0.147 e. The van der Waals surface area contributed by atoms with Crippen LogP contribution >= 0.6 is 23.5 Å². The van der Waals surface area contributed by atoms with Gasteiger partial charge >= 0.3 is 0 Å². The standard InChI is InChI=1S/C8H17N3.C3H9ClSi.ClH/c1-4-9-8-10-6-5-7-11(2)3;1-5(2,3)4;/h4-7H2,1-3H3;1-3H3;1H. The molecular formula is C11H27Cl2N3Si. The molecule has 0 saturated heterocycles. The molecule has 0 saturated carbocycles. The third-order valence-electron chi connectivity index (χ3n) is 1.17. The molecule has 0 fully saturated rings. The molecular weight excluding hydrogens is 273 g/mol. The first-order chi connectivity index (χ1) is 7.27. The lowest BCUT2D eigenvalue weighted by Crippen LogP contribution is -2.13. The van der Waals surface area contributed by atoms with Gasteiger partial charge in [0.2, 0.25) is 0 Å². The summed E-state index contributed by atoms with van der Waals surface area (Å²) >= 11 is 5.67. The maximum atomic E-state index is 5.67. The van der Waals surface area contributed by atoms with Crippen LogP contribution in [0, 0.1) is 0 Å². The zero-order valence-electron chi connectivity index (χ0n) is 12.0. The Morgan fingerprint density at radius 1 is 1.18 bits per heavy atom. The van der Waals surface area contributed by atoms with Crippen LogP contribution < -0.4 is 0 Å². The first kappa shape index (κ1) is 22.3. The molecule has 0 aromatic rings. The molecule has 0 aromatic carbocycles. The van der Waals surface area contributed by atoms with Gasteiger partial charge in [-0.2, -0.15) is 11.1 Å². The second kappa shape index (κ2) is 14.2. The molecule has 0 aliphatic rings. The van der Waals surface area contributed by atoms with Crippen molar-refractivity contribution in [3.63, 3.8) is 0 Å². The molecule has 0 heterocycles. The molecule has 0 N–H and O–H groups in total. The maximum Gasteiger partial charge on any atom is 0.147 e. The highest BCUT2D eigenvalue weighted by atomic mass is 35.6. The van der Waals surface area contributed by atoms with Crippen molar-refractivity contribution in [3.8, 4) is 0 Å². The van der Waals surface area contributed by atoms with Crippen molar-refractivity contribution < 1.29 is 0 Å². The van der Waals surface area contributed by atoms with Gasteiger partial charge in [-0.1, -0.05) is 19.6 Å². The Morgan fingerprint density at radius 3 is 2.00 bits per heavy atom. The lowest BCUT2D eigenvalue weighted by Gasteiger charge is -2.05. The van der Waals surface area contributed by atoms with Crippen LogP contribution in [0.5, 0.6) is 0 Å². The van der Waals surface area contributed by atoms with E-state index in [9.17, 15) is 0 Å². The summed E-state index contributed by atoms with van der Waals surface area (Å²) < 4.78 is 0. The quantitative estimate of drug-likeness (QED) is 0.330. The summed E-state index contributed by atoms with van der Waals surface area (Å²) in [5.41, 5.74) is 0. The van der Waals surface area contributed by atoms with E-state index in [-0.39, 0.29) is 12.4 Å². The minimum Gasteiger partial charge on any atom is -0.309 e. The molecule has 0 aliphatic heterocycles. The van der Waals surface area contributed by atoms with Crippen molar-refractivity contribution in [1.29, 1.82) is 0 Å². The summed E-state index contributed by atoms with van der Waals surface area (Å²) in [5.74, 6) is 0. The minimum absolute atomic E-state index is 0. The Labute approximate surface area is 118 Å². The van der Waals surface area contributed by atoms with Crippen LogP contribution in [0.25, 0.3) is 0 Å². The molecule has 17 heavy (non-hydrogen) atoms.